The van der Waals surface area contributed by atoms with Crippen molar-refractivity contribution in [3.8, 4) is 11.6 Å². The van der Waals surface area contributed by atoms with Crippen LogP contribution in [0, 0.1) is 0 Å². The first kappa shape index (κ1) is 19.1. The molecule has 0 radical (unpaired) electrons. The molecule has 0 fully saturated rings. The minimum absolute atomic E-state index is 0.200. The second-order valence-electron chi connectivity index (χ2n) is 5.77. The molecule has 1 aromatic heterocycles. The molecule has 0 saturated carbocycles. The van der Waals surface area contributed by atoms with E-state index in [0.29, 0.717) is 11.4 Å². The molecule has 3 aromatic rings. The highest BCUT2D eigenvalue weighted by Gasteiger charge is 2.15. The Balaban J connectivity index is 2.01. The van der Waals surface area contributed by atoms with Crippen molar-refractivity contribution in [2.45, 2.75) is 6.92 Å². The summed E-state index contributed by atoms with van der Waals surface area (Å²) in [5.41, 5.74) is -0.526. The Morgan fingerprint density at radius 3 is 2.50 bits per heavy atom. The van der Waals surface area contributed by atoms with E-state index in [1.165, 1.54) is 13.0 Å². The van der Waals surface area contributed by atoms with Crippen molar-refractivity contribution in [1.29, 1.82) is 0 Å². The molecule has 2 aromatic carbocycles. The summed E-state index contributed by atoms with van der Waals surface area (Å²) in [4.78, 5) is 41.6. The number of para-hydroxylation sites is 1. The summed E-state index contributed by atoms with van der Waals surface area (Å²) >= 11 is 6.09. The minimum atomic E-state index is -0.826. The fourth-order valence-corrected chi connectivity index (χ4v) is 2.70. The predicted octanol–water partition coefficient (Wildman–Crippen LogP) is 2.59. The van der Waals surface area contributed by atoms with Crippen molar-refractivity contribution in [3.05, 3.63) is 80.0 Å². The maximum Gasteiger partial charge on any atom is 0.335 e. The minimum Gasteiger partial charge on any atom is -0.493 e. The summed E-state index contributed by atoms with van der Waals surface area (Å²) in [5, 5.41) is 13.3. The summed E-state index contributed by atoms with van der Waals surface area (Å²) in [6.07, 6.45) is 1.15. The van der Waals surface area contributed by atoms with Crippen LogP contribution in [0.3, 0.4) is 0 Å². The molecule has 3 rings (SSSR count). The van der Waals surface area contributed by atoms with Crippen LogP contribution in [0.2, 0.25) is 5.02 Å². The Morgan fingerprint density at radius 2 is 1.86 bits per heavy atom. The Bertz CT molecular complexity index is 1180. The van der Waals surface area contributed by atoms with Crippen molar-refractivity contribution in [2.75, 3.05) is 5.32 Å². The predicted molar refractivity (Wildman–Crippen MR) is 107 cm³/mol. The smallest absolute Gasteiger partial charge is 0.335 e. The number of hydrogen-bond acceptors (Lipinski definition) is 5. The molecule has 8 nitrogen and oxygen atoms in total. The SMILES string of the molecule is CC(=O)Nc1ccc(N=Cc2c(O)n(-c3ccccc3Cl)c(=O)[nH]c2=O)cc1. The monoisotopic (exact) mass is 398 g/mol. The van der Waals surface area contributed by atoms with Gasteiger partial charge in [0.1, 0.15) is 5.56 Å². The van der Waals surface area contributed by atoms with Gasteiger partial charge in [0, 0.05) is 18.8 Å². The summed E-state index contributed by atoms with van der Waals surface area (Å²) in [7, 11) is 0. The van der Waals surface area contributed by atoms with Crippen molar-refractivity contribution < 1.29 is 9.90 Å². The van der Waals surface area contributed by atoms with Gasteiger partial charge in [0.2, 0.25) is 11.8 Å². The summed E-state index contributed by atoms with van der Waals surface area (Å²) in [6.45, 7) is 1.40. The first-order valence-electron chi connectivity index (χ1n) is 8.11. The lowest BCUT2D eigenvalue weighted by Gasteiger charge is -2.10. The van der Waals surface area contributed by atoms with Gasteiger partial charge in [-0.1, -0.05) is 23.7 Å². The first-order chi connectivity index (χ1) is 13.4. The maximum absolute atomic E-state index is 12.2. The van der Waals surface area contributed by atoms with E-state index in [9.17, 15) is 19.5 Å². The molecular weight excluding hydrogens is 384 g/mol. The van der Waals surface area contributed by atoms with E-state index in [1.54, 1.807) is 42.5 Å². The third kappa shape index (κ3) is 4.02. The lowest BCUT2D eigenvalue weighted by atomic mass is 10.2. The van der Waals surface area contributed by atoms with Gasteiger partial charge in [-0.05, 0) is 36.4 Å². The second kappa shape index (κ2) is 7.93. The maximum atomic E-state index is 12.2. The lowest BCUT2D eigenvalue weighted by molar-refractivity contribution is -0.114. The molecule has 0 aliphatic rings. The standard InChI is InChI=1S/C19H15ClN4O4/c1-11(25)22-13-8-6-12(7-9-13)21-10-14-17(26)23-19(28)24(18(14)27)16-5-3-2-4-15(16)20/h2-10,27H,1H3,(H,22,25)(H,23,26,28). The number of aliphatic imine (C=N–C) groups is 1. The zero-order valence-electron chi connectivity index (χ0n) is 14.6. The highest BCUT2D eigenvalue weighted by Crippen LogP contribution is 2.23. The first-order valence-corrected chi connectivity index (χ1v) is 8.49. The van der Waals surface area contributed by atoms with Gasteiger partial charge in [-0.2, -0.15) is 0 Å². The van der Waals surface area contributed by atoms with Crippen LogP contribution in [-0.4, -0.2) is 26.8 Å². The molecule has 0 aliphatic carbocycles. The lowest BCUT2D eigenvalue weighted by Crippen LogP contribution is -2.31. The number of aromatic hydroxyl groups is 1. The molecule has 1 amide bonds. The van der Waals surface area contributed by atoms with Crippen LogP contribution in [-0.2, 0) is 4.79 Å². The highest BCUT2D eigenvalue weighted by atomic mass is 35.5. The number of halogens is 1. The molecule has 0 saturated heterocycles. The second-order valence-corrected chi connectivity index (χ2v) is 6.18. The van der Waals surface area contributed by atoms with Crippen LogP contribution in [0.25, 0.3) is 5.69 Å². The van der Waals surface area contributed by atoms with E-state index < -0.39 is 17.1 Å². The van der Waals surface area contributed by atoms with Crippen molar-refractivity contribution in [2.24, 2.45) is 4.99 Å². The Kier molecular flexibility index (Phi) is 5.42. The van der Waals surface area contributed by atoms with Crippen LogP contribution >= 0.6 is 11.6 Å². The third-order valence-electron chi connectivity index (χ3n) is 3.74. The van der Waals surface area contributed by atoms with Gasteiger partial charge in [0.25, 0.3) is 5.56 Å². The van der Waals surface area contributed by atoms with Gasteiger partial charge in [-0.3, -0.25) is 19.6 Å². The topological polar surface area (TPSA) is 117 Å². The number of carbonyl (C=O) groups excluding carboxylic acids is 1. The number of anilines is 1. The zero-order valence-corrected chi connectivity index (χ0v) is 15.4. The molecule has 0 bridgehead atoms. The van der Waals surface area contributed by atoms with Crippen molar-refractivity contribution in [1.82, 2.24) is 9.55 Å². The van der Waals surface area contributed by atoms with Gasteiger partial charge >= 0.3 is 5.69 Å². The van der Waals surface area contributed by atoms with Crippen LogP contribution in [0.1, 0.15) is 12.5 Å². The number of nitrogens with zero attached hydrogens (tertiary/aromatic N) is 2. The molecule has 28 heavy (non-hydrogen) atoms. The quantitative estimate of drug-likeness (QED) is 0.585. The van der Waals surface area contributed by atoms with Crippen molar-refractivity contribution in [3.63, 3.8) is 0 Å². The average Bonchev–Trinajstić information content (AvgIpc) is 2.63. The molecule has 142 valence electrons. The van der Waals surface area contributed by atoms with Gasteiger partial charge < -0.3 is 10.4 Å². The number of H-pyrrole nitrogens is 1. The molecule has 0 spiro atoms. The highest BCUT2D eigenvalue weighted by molar-refractivity contribution is 6.32. The molecule has 0 atom stereocenters. The summed E-state index contributed by atoms with van der Waals surface area (Å²) in [5.74, 6) is -0.782. The van der Waals surface area contributed by atoms with E-state index in [1.807, 2.05) is 0 Å². The van der Waals surface area contributed by atoms with Crippen LogP contribution in [0.4, 0.5) is 11.4 Å². The number of aromatic nitrogens is 2. The van der Waals surface area contributed by atoms with Crippen molar-refractivity contribution >= 4 is 35.1 Å². The van der Waals surface area contributed by atoms with E-state index in [2.05, 4.69) is 15.3 Å². The van der Waals surface area contributed by atoms with Crippen LogP contribution in [0.15, 0.2) is 63.1 Å². The molecule has 1 heterocycles. The summed E-state index contributed by atoms with van der Waals surface area (Å²) < 4.78 is 0.894. The molecular formula is C19H15ClN4O4. The largest absolute Gasteiger partial charge is 0.493 e. The fraction of sp³-hybridized carbons (Fsp3) is 0.0526. The number of hydrogen-bond donors (Lipinski definition) is 3. The molecule has 9 heteroatoms. The number of aromatic amines is 1. The molecule has 0 unspecified atom stereocenters. The molecule has 0 aliphatic heterocycles. The Hall–Kier alpha value is -3.65. The number of nitrogens with one attached hydrogen (secondary N) is 2. The number of benzene rings is 2. The van der Waals surface area contributed by atoms with Gasteiger partial charge in [0.05, 0.1) is 16.4 Å². The number of amides is 1. The van der Waals surface area contributed by atoms with E-state index in [0.717, 1.165) is 10.8 Å². The zero-order chi connectivity index (χ0) is 20.3. The average molecular weight is 399 g/mol. The normalized spacial score (nSPS) is 10.9. The van der Waals surface area contributed by atoms with E-state index >= 15 is 0 Å². The number of rotatable bonds is 4. The molecule has 3 N–H and O–H groups in total. The van der Waals surface area contributed by atoms with E-state index in [-0.39, 0.29) is 22.2 Å². The van der Waals surface area contributed by atoms with E-state index in [4.69, 9.17) is 11.6 Å². The van der Waals surface area contributed by atoms with Gasteiger partial charge in [0.15, 0.2) is 0 Å². The van der Waals surface area contributed by atoms with Crippen LogP contribution < -0.4 is 16.6 Å². The number of carbonyl (C=O) groups is 1. The Labute approximate surface area is 163 Å². The Morgan fingerprint density at radius 1 is 1.18 bits per heavy atom. The van der Waals surface area contributed by atoms with Gasteiger partial charge in [-0.15, -0.1) is 0 Å². The third-order valence-corrected chi connectivity index (χ3v) is 4.06. The summed E-state index contributed by atoms with van der Waals surface area (Å²) in [6, 6.07) is 12.9. The fourth-order valence-electron chi connectivity index (χ4n) is 2.48. The van der Waals surface area contributed by atoms with Crippen LogP contribution in [0.5, 0.6) is 5.88 Å². The van der Waals surface area contributed by atoms with Gasteiger partial charge in [-0.25, -0.2) is 9.36 Å².